The van der Waals surface area contributed by atoms with Gasteiger partial charge in [0.05, 0.1) is 64.1 Å². The molecule has 5 heterocycles. The van der Waals surface area contributed by atoms with Gasteiger partial charge in [0.25, 0.3) is 11.7 Å². The molecule has 1 N–H and O–H groups in total. The quantitative estimate of drug-likeness (QED) is 0.0707. The van der Waals surface area contributed by atoms with Gasteiger partial charge in [-0.05, 0) is 113 Å². The third-order valence-corrected chi connectivity index (χ3v) is 17.5. The summed E-state index contributed by atoms with van der Waals surface area (Å²) >= 11 is 0. The van der Waals surface area contributed by atoms with Gasteiger partial charge in [-0.25, -0.2) is 4.79 Å². The number of aliphatic hydroxyl groups is 1. The Bertz CT molecular complexity index is 2100. The number of fused-ring (bicyclic) bond motifs is 3. The molecule has 6 aliphatic rings. The van der Waals surface area contributed by atoms with Crippen LogP contribution in [0, 0.1) is 29.6 Å². The van der Waals surface area contributed by atoms with Crippen molar-refractivity contribution in [2.45, 2.75) is 192 Å². The van der Waals surface area contributed by atoms with Gasteiger partial charge >= 0.3 is 5.97 Å². The van der Waals surface area contributed by atoms with Gasteiger partial charge in [-0.2, -0.15) is 0 Å². The van der Waals surface area contributed by atoms with E-state index in [1.807, 2.05) is 58.1 Å². The number of Topliss-reactive ketones (excluding diaryl/α,β-unsaturated/α-hetero) is 3. The molecule has 5 aliphatic heterocycles. The third-order valence-electron chi connectivity index (χ3n) is 17.5. The van der Waals surface area contributed by atoms with Crippen LogP contribution in [0.25, 0.3) is 0 Å². The van der Waals surface area contributed by atoms with E-state index < -0.39 is 71.8 Å². The molecule has 0 radical (unpaired) electrons. The Morgan fingerprint density at radius 2 is 1.54 bits per heavy atom. The molecular weight excluding hydrogens is 1030 g/mol. The van der Waals surface area contributed by atoms with E-state index in [0.29, 0.717) is 83.6 Å². The summed E-state index contributed by atoms with van der Waals surface area (Å²) in [7, 11) is 4.49. The highest BCUT2D eigenvalue weighted by molar-refractivity contribution is 6.39. The van der Waals surface area contributed by atoms with Crippen molar-refractivity contribution >= 4 is 29.2 Å². The van der Waals surface area contributed by atoms with E-state index in [2.05, 4.69) is 4.90 Å². The number of morpholine rings is 1. The number of esters is 1. The molecule has 0 unspecified atom stereocenters. The normalized spacial score (nSPS) is 36.6. The number of amides is 1. The zero-order valence-electron chi connectivity index (χ0n) is 49.7. The predicted octanol–water partition coefficient (Wildman–Crippen LogP) is 7.12. The highest BCUT2D eigenvalue weighted by atomic mass is 16.7. The summed E-state index contributed by atoms with van der Waals surface area (Å²) in [6.45, 7) is 18.1. The molecule has 0 aromatic heterocycles. The molecule has 14 atom stereocenters. The monoisotopic (exact) mass is 1130 g/mol. The average Bonchev–Trinajstić information content (AvgIpc) is 3.48. The number of carbonyl (C=O) groups excluding carboxylic acids is 5. The average molecular weight is 1130 g/mol. The van der Waals surface area contributed by atoms with E-state index in [4.69, 9.17) is 47.4 Å². The second-order valence-corrected chi connectivity index (χ2v) is 23.5. The smallest absolute Gasteiger partial charge is 0.329 e. The molecule has 4 saturated heterocycles. The topological polar surface area (TPSA) is 204 Å². The van der Waals surface area contributed by atoms with E-state index >= 15 is 0 Å². The first-order valence-electron chi connectivity index (χ1n) is 30.0. The molecule has 1 aliphatic carbocycles. The van der Waals surface area contributed by atoms with Gasteiger partial charge in [0.15, 0.2) is 5.78 Å². The number of rotatable bonds is 16. The first-order chi connectivity index (χ1) is 38.5. The Morgan fingerprint density at radius 3 is 2.25 bits per heavy atom. The molecule has 18 nitrogen and oxygen atoms in total. The number of nitrogens with zero attached hydrogens (tertiary/aromatic N) is 2. The lowest BCUT2D eigenvalue weighted by atomic mass is 9.78. The summed E-state index contributed by atoms with van der Waals surface area (Å²) in [5, 5.41) is 11.5. The van der Waals surface area contributed by atoms with Crippen molar-refractivity contribution in [1.82, 2.24) is 9.80 Å². The molecule has 0 spiro atoms. The number of cyclic esters (lactones) is 1. The molecule has 2 bridgehead atoms. The van der Waals surface area contributed by atoms with Crippen LogP contribution in [-0.4, -0.2) is 199 Å². The summed E-state index contributed by atoms with van der Waals surface area (Å²) in [5.74, 6) is -6.18. The van der Waals surface area contributed by atoms with E-state index in [9.17, 15) is 29.1 Å². The fourth-order valence-electron chi connectivity index (χ4n) is 12.2. The summed E-state index contributed by atoms with van der Waals surface area (Å²) in [5.41, 5.74) is 1.32. The Balaban J connectivity index is 1.24. The number of carbonyl (C=O) groups is 5. The highest BCUT2D eigenvalue weighted by Crippen LogP contribution is 2.40. The maximum atomic E-state index is 14.9. The van der Waals surface area contributed by atoms with Crippen LogP contribution in [0.15, 0.2) is 47.6 Å². The lowest BCUT2D eigenvalue weighted by Crippen LogP contribution is -2.61. The molecule has 6 rings (SSSR count). The zero-order chi connectivity index (χ0) is 57.8. The molecule has 0 aromatic carbocycles. The number of allylic oxidation sites excluding steroid dienone is 6. The van der Waals surface area contributed by atoms with E-state index in [-0.39, 0.29) is 73.4 Å². The molecule has 18 heteroatoms. The number of hydrogen-bond acceptors (Lipinski definition) is 17. The van der Waals surface area contributed by atoms with E-state index in [1.165, 1.54) is 19.1 Å². The molecule has 80 heavy (non-hydrogen) atoms. The van der Waals surface area contributed by atoms with Crippen LogP contribution in [0.5, 0.6) is 0 Å². The van der Waals surface area contributed by atoms with Crippen molar-refractivity contribution in [3.8, 4) is 0 Å². The van der Waals surface area contributed by atoms with Gasteiger partial charge in [-0.1, -0.05) is 64.2 Å². The summed E-state index contributed by atoms with van der Waals surface area (Å²) in [6.07, 6.45) is 14.4. The van der Waals surface area contributed by atoms with Gasteiger partial charge < -0.3 is 57.4 Å². The first kappa shape index (κ1) is 65.6. The number of methoxy groups -OCH3 is 3. The van der Waals surface area contributed by atoms with Crippen molar-refractivity contribution in [3.63, 3.8) is 0 Å². The largest absolute Gasteiger partial charge is 0.460 e. The summed E-state index contributed by atoms with van der Waals surface area (Å²) < 4.78 is 60.4. The van der Waals surface area contributed by atoms with Crippen LogP contribution in [0.1, 0.15) is 131 Å². The summed E-state index contributed by atoms with van der Waals surface area (Å²) in [4.78, 5) is 76.2. The Kier molecular flexibility index (Phi) is 27.1. The highest BCUT2D eigenvalue weighted by Gasteiger charge is 2.55. The number of piperidine rings is 1. The molecule has 452 valence electrons. The molecule has 1 saturated carbocycles. The minimum atomic E-state index is -1.93. The fraction of sp³-hybridized carbons (Fsp3) is 0.790. The Morgan fingerprint density at radius 1 is 0.775 bits per heavy atom. The SMILES string of the molecule is CO[C@@H]1C[C@H](C[C@@H](C)[C@@H]2CC(=O)[C@H](C)/C=C(\C)[C@@H](O)[C@@H](OC)C(=O)CC[C@H](C)/C=C/C=C/C=C(\C)[C@H](OCCOC3COC3)C[C@@H]3CC[C@@H](C)[C@@](OC)(O3)C(=O)C(=O)N3CCCC[C@H]3C(=O)O2)CC[C@H]1OCCCN1CCOCC1. The van der Waals surface area contributed by atoms with Crippen molar-refractivity contribution < 1.29 is 76.4 Å². The second kappa shape index (κ2) is 33.1. The van der Waals surface area contributed by atoms with Crippen LogP contribution in [-0.2, 0) is 71.3 Å². The molecular formula is C62H98N2O16. The fourth-order valence-corrected chi connectivity index (χ4v) is 12.2. The first-order valence-corrected chi connectivity index (χ1v) is 30.0. The molecule has 0 aromatic rings. The maximum Gasteiger partial charge on any atom is 0.329 e. The summed E-state index contributed by atoms with van der Waals surface area (Å²) in [6, 6.07) is -1.10. The van der Waals surface area contributed by atoms with E-state index in [1.54, 1.807) is 27.0 Å². The standard InChI is InChI=1S/C62H98N2O16/c1-41-16-11-10-12-17-42(2)54(78-33-32-76-49-39-75-40-49)37-48-22-20-46(6)62(73-9,80-48)59(68)60(69)64-26-14-13-18-50(64)61(70)79-55(38-52(66)43(3)34-45(5)57(67)58(72-8)51(65)23-19-41)44(4)35-47-21-24-53(56(36-47)71-7)77-29-15-25-63-27-30-74-31-28-63/h10-12,16-17,34,41,43-44,46-50,53-58,67H,13-15,18-33,35-40H2,1-9H3/b12-10+,16-11+,42-17+,45-34+/t41-,43-,44-,46-,47+,48+,50+,53-,54-,55+,56-,57-,58+,62-/m1/s1. The van der Waals surface area contributed by atoms with Gasteiger partial charge in [-0.3, -0.25) is 24.1 Å². The zero-order valence-corrected chi connectivity index (χ0v) is 49.7. The van der Waals surface area contributed by atoms with Gasteiger partial charge in [0.1, 0.15) is 36.2 Å². The number of ketones is 3. The predicted molar refractivity (Wildman–Crippen MR) is 300 cm³/mol. The van der Waals surface area contributed by atoms with Crippen LogP contribution < -0.4 is 0 Å². The van der Waals surface area contributed by atoms with Crippen LogP contribution in [0.4, 0.5) is 0 Å². The number of aliphatic hydroxyl groups excluding tert-OH is 1. The van der Waals surface area contributed by atoms with Gasteiger partial charge in [0.2, 0.25) is 5.79 Å². The molecule has 1 amide bonds. The maximum absolute atomic E-state index is 14.9. The second-order valence-electron chi connectivity index (χ2n) is 23.5. The van der Waals surface area contributed by atoms with Gasteiger partial charge in [0, 0.05) is 85.2 Å². The van der Waals surface area contributed by atoms with Gasteiger partial charge in [-0.15, -0.1) is 0 Å². The van der Waals surface area contributed by atoms with Crippen molar-refractivity contribution in [2.24, 2.45) is 29.6 Å². The minimum absolute atomic E-state index is 0.0313. The lowest BCUT2D eigenvalue weighted by Gasteiger charge is -2.45. The van der Waals surface area contributed by atoms with Crippen molar-refractivity contribution in [1.29, 1.82) is 0 Å². The number of hydrogen-bond donors (Lipinski definition) is 1. The minimum Gasteiger partial charge on any atom is -0.460 e. The van der Waals surface area contributed by atoms with E-state index in [0.717, 1.165) is 64.1 Å². The Hall–Kier alpha value is -3.53. The van der Waals surface area contributed by atoms with Crippen molar-refractivity contribution in [3.05, 3.63) is 47.6 Å². The van der Waals surface area contributed by atoms with Crippen LogP contribution >= 0.6 is 0 Å². The van der Waals surface area contributed by atoms with Crippen molar-refractivity contribution in [2.75, 3.05) is 93.8 Å². The number of ether oxygens (including phenoxy) is 10. The van der Waals surface area contributed by atoms with Crippen LogP contribution in [0.2, 0.25) is 0 Å². The third kappa shape index (κ3) is 18.7. The Labute approximate surface area is 476 Å². The van der Waals surface area contributed by atoms with Crippen LogP contribution in [0.3, 0.4) is 0 Å². The lowest BCUT2D eigenvalue weighted by molar-refractivity contribution is -0.277. The molecule has 5 fully saturated rings.